The van der Waals surface area contributed by atoms with Gasteiger partial charge in [-0.1, -0.05) is 11.6 Å². The molecule has 0 heterocycles. The number of benzene rings is 1. The van der Waals surface area contributed by atoms with Gasteiger partial charge in [0.05, 0.1) is 0 Å². The topological polar surface area (TPSA) is 0 Å². The fourth-order valence-corrected chi connectivity index (χ4v) is 1.75. The number of rotatable bonds is 1. The lowest BCUT2D eigenvalue weighted by Gasteiger charge is -2.03. The zero-order valence-corrected chi connectivity index (χ0v) is 7.89. The van der Waals surface area contributed by atoms with Gasteiger partial charge in [0, 0.05) is 9.92 Å². The van der Waals surface area contributed by atoms with Gasteiger partial charge in [0.2, 0.25) is 0 Å². The van der Waals surface area contributed by atoms with E-state index in [1.807, 2.05) is 6.26 Å². The van der Waals surface area contributed by atoms with E-state index in [1.165, 1.54) is 17.8 Å². The van der Waals surface area contributed by atoms with Crippen molar-refractivity contribution in [3.63, 3.8) is 0 Å². The van der Waals surface area contributed by atoms with Crippen molar-refractivity contribution in [2.45, 2.75) is 11.8 Å². The van der Waals surface area contributed by atoms with Crippen LogP contribution in [0, 0.1) is 12.7 Å². The van der Waals surface area contributed by atoms with Gasteiger partial charge in [0.25, 0.3) is 0 Å². The molecule has 0 saturated carbocycles. The van der Waals surface area contributed by atoms with Crippen LogP contribution < -0.4 is 0 Å². The lowest BCUT2D eigenvalue weighted by molar-refractivity contribution is 0.614. The summed E-state index contributed by atoms with van der Waals surface area (Å²) in [7, 11) is 0. The van der Waals surface area contributed by atoms with E-state index in [1.54, 1.807) is 13.0 Å². The summed E-state index contributed by atoms with van der Waals surface area (Å²) in [6, 6.07) is 3.10. The summed E-state index contributed by atoms with van der Waals surface area (Å²) in [6.45, 7) is 1.75. The molecule has 60 valence electrons. The van der Waals surface area contributed by atoms with Gasteiger partial charge in [-0.3, -0.25) is 0 Å². The van der Waals surface area contributed by atoms with Gasteiger partial charge in [-0.2, -0.15) is 0 Å². The summed E-state index contributed by atoms with van der Waals surface area (Å²) in [5, 5.41) is 0.456. The summed E-state index contributed by atoms with van der Waals surface area (Å²) in [6.07, 6.45) is 1.90. The predicted molar refractivity (Wildman–Crippen MR) is 47.9 cm³/mol. The van der Waals surface area contributed by atoms with E-state index in [2.05, 4.69) is 0 Å². The van der Waals surface area contributed by atoms with Crippen molar-refractivity contribution in [1.82, 2.24) is 0 Å². The van der Waals surface area contributed by atoms with Crippen LogP contribution in [-0.2, 0) is 0 Å². The van der Waals surface area contributed by atoms with Crippen LogP contribution in [0.1, 0.15) is 5.56 Å². The van der Waals surface area contributed by atoms with Crippen LogP contribution in [-0.4, -0.2) is 6.26 Å². The van der Waals surface area contributed by atoms with Gasteiger partial charge >= 0.3 is 0 Å². The molecule has 0 bridgehead atoms. The van der Waals surface area contributed by atoms with Crippen LogP contribution in [0.15, 0.2) is 17.0 Å². The molecule has 0 unspecified atom stereocenters. The molecule has 1 aromatic carbocycles. The van der Waals surface area contributed by atoms with Crippen molar-refractivity contribution < 1.29 is 4.39 Å². The van der Waals surface area contributed by atoms with E-state index in [4.69, 9.17) is 11.6 Å². The fraction of sp³-hybridized carbons (Fsp3) is 0.250. The minimum absolute atomic E-state index is 0.234. The Morgan fingerprint density at radius 3 is 2.64 bits per heavy atom. The minimum atomic E-state index is -0.234. The first-order chi connectivity index (χ1) is 5.15. The SMILES string of the molecule is CSc1cc(Cl)cc(F)c1C. The Morgan fingerprint density at radius 1 is 1.45 bits per heavy atom. The van der Waals surface area contributed by atoms with Crippen molar-refractivity contribution in [2.75, 3.05) is 6.26 Å². The Balaban J connectivity index is 3.24. The van der Waals surface area contributed by atoms with Crippen LogP contribution in [0.2, 0.25) is 5.02 Å². The standard InChI is InChI=1S/C8H8ClFS/c1-5-7(10)3-6(9)4-8(5)11-2/h3-4H,1-2H3. The zero-order valence-electron chi connectivity index (χ0n) is 6.32. The van der Waals surface area contributed by atoms with Crippen molar-refractivity contribution in [3.8, 4) is 0 Å². The van der Waals surface area contributed by atoms with Crippen molar-refractivity contribution in [1.29, 1.82) is 0 Å². The molecule has 0 radical (unpaired) electrons. The maximum atomic E-state index is 12.9. The second kappa shape index (κ2) is 3.46. The van der Waals surface area contributed by atoms with Gasteiger partial charge in [-0.15, -0.1) is 11.8 Å². The maximum Gasteiger partial charge on any atom is 0.128 e. The summed E-state index contributed by atoms with van der Waals surface area (Å²) in [4.78, 5) is 0.898. The van der Waals surface area contributed by atoms with Gasteiger partial charge in [0.1, 0.15) is 5.82 Å². The summed E-state index contributed by atoms with van der Waals surface area (Å²) < 4.78 is 12.9. The van der Waals surface area contributed by atoms with E-state index in [0.29, 0.717) is 10.6 Å². The maximum absolute atomic E-state index is 12.9. The van der Waals surface area contributed by atoms with E-state index < -0.39 is 0 Å². The van der Waals surface area contributed by atoms with Crippen molar-refractivity contribution in [3.05, 3.63) is 28.5 Å². The second-order valence-electron chi connectivity index (χ2n) is 2.21. The van der Waals surface area contributed by atoms with Crippen molar-refractivity contribution >= 4 is 23.4 Å². The highest BCUT2D eigenvalue weighted by molar-refractivity contribution is 7.98. The molecule has 3 heteroatoms. The molecule has 0 amide bonds. The highest BCUT2D eigenvalue weighted by Crippen LogP contribution is 2.25. The molecule has 0 atom stereocenters. The Morgan fingerprint density at radius 2 is 2.09 bits per heavy atom. The normalized spacial score (nSPS) is 10.2. The molecule has 0 saturated heterocycles. The summed E-state index contributed by atoms with van der Waals surface area (Å²) in [5.41, 5.74) is 0.668. The van der Waals surface area contributed by atoms with E-state index in [-0.39, 0.29) is 5.82 Å². The second-order valence-corrected chi connectivity index (χ2v) is 3.50. The van der Waals surface area contributed by atoms with E-state index in [9.17, 15) is 4.39 Å². The Kier molecular flexibility index (Phi) is 2.79. The zero-order chi connectivity index (χ0) is 8.43. The van der Waals surface area contributed by atoms with Crippen LogP contribution in [0.5, 0.6) is 0 Å². The first-order valence-corrected chi connectivity index (χ1v) is 4.75. The molecule has 0 aliphatic heterocycles. The number of hydrogen-bond acceptors (Lipinski definition) is 1. The van der Waals surface area contributed by atoms with Crippen LogP contribution >= 0.6 is 23.4 Å². The van der Waals surface area contributed by atoms with E-state index >= 15 is 0 Å². The van der Waals surface area contributed by atoms with Crippen LogP contribution in [0.3, 0.4) is 0 Å². The summed E-state index contributed by atoms with van der Waals surface area (Å²) in [5.74, 6) is -0.234. The molecule has 11 heavy (non-hydrogen) atoms. The predicted octanol–water partition coefficient (Wildman–Crippen LogP) is 3.51. The molecule has 0 aromatic heterocycles. The first kappa shape index (κ1) is 8.88. The summed E-state index contributed by atoms with van der Waals surface area (Å²) >= 11 is 7.15. The highest BCUT2D eigenvalue weighted by atomic mass is 35.5. The van der Waals surface area contributed by atoms with Crippen molar-refractivity contribution in [2.24, 2.45) is 0 Å². The molecule has 0 nitrogen and oxygen atoms in total. The van der Waals surface area contributed by atoms with Crippen LogP contribution in [0.25, 0.3) is 0 Å². The smallest absolute Gasteiger partial charge is 0.128 e. The molecular weight excluding hydrogens is 183 g/mol. The molecule has 0 aliphatic carbocycles. The highest BCUT2D eigenvalue weighted by Gasteiger charge is 2.04. The third-order valence-corrected chi connectivity index (χ3v) is 2.56. The average molecular weight is 191 g/mol. The number of hydrogen-bond donors (Lipinski definition) is 0. The monoisotopic (exact) mass is 190 g/mol. The fourth-order valence-electron chi connectivity index (χ4n) is 0.834. The third kappa shape index (κ3) is 1.88. The first-order valence-electron chi connectivity index (χ1n) is 3.15. The molecule has 1 rings (SSSR count). The molecule has 1 aromatic rings. The molecule has 0 fully saturated rings. The molecule has 0 N–H and O–H groups in total. The largest absolute Gasteiger partial charge is 0.207 e. The molecule has 0 spiro atoms. The third-order valence-electron chi connectivity index (χ3n) is 1.48. The van der Waals surface area contributed by atoms with Gasteiger partial charge in [0.15, 0.2) is 0 Å². The lowest BCUT2D eigenvalue weighted by Crippen LogP contribution is -1.85. The molecular formula is C8H8ClFS. The minimum Gasteiger partial charge on any atom is -0.207 e. The van der Waals surface area contributed by atoms with E-state index in [0.717, 1.165) is 4.90 Å². The lowest BCUT2D eigenvalue weighted by atomic mass is 10.2. The Labute approximate surface area is 74.8 Å². The van der Waals surface area contributed by atoms with Gasteiger partial charge in [-0.05, 0) is 30.9 Å². The average Bonchev–Trinajstić information content (AvgIpc) is 1.96. The Hall–Kier alpha value is -0.210. The quantitative estimate of drug-likeness (QED) is 0.611. The Bertz CT molecular complexity index is 273. The van der Waals surface area contributed by atoms with Gasteiger partial charge in [-0.25, -0.2) is 4.39 Å². The molecule has 0 aliphatic rings. The number of thioether (sulfide) groups is 1. The van der Waals surface area contributed by atoms with Crippen LogP contribution in [0.4, 0.5) is 4.39 Å². The number of halogens is 2. The van der Waals surface area contributed by atoms with Gasteiger partial charge < -0.3 is 0 Å².